The molecule has 0 radical (unpaired) electrons. The summed E-state index contributed by atoms with van der Waals surface area (Å²) in [7, 11) is 0. The Balaban J connectivity index is 1.59. The molecule has 0 bridgehead atoms. The molecule has 4 aromatic heterocycles. The van der Waals surface area contributed by atoms with Gasteiger partial charge in [-0.05, 0) is 51.8 Å². The molecule has 6 aromatic rings. The summed E-state index contributed by atoms with van der Waals surface area (Å²) in [4.78, 5) is 14.0. The molecule has 8 rings (SSSR count). The Morgan fingerprint density at radius 3 is 2.42 bits per heavy atom. The fraction of sp³-hybridized carbons (Fsp3) is 0.0741. The third-order valence-corrected chi connectivity index (χ3v) is 6.98. The average Bonchev–Trinajstić information content (AvgIpc) is 3.48. The number of rotatable bonds is 0. The van der Waals surface area contributed by atoms with Gasteiger partial charge in [-0.3, -0.25) is 14.4 Å². The lowest BCUT2D eigenvalue weighted by atomic mass is 9.95. The fourth-order valence-corrected chi connectivity index (χ4v) is 5.72. The Labute approximate surface area is 177 Å². The maximum absolute atomic E-state index is 5.17. The molecule has 0 fully saturated rings. The second-order valence-electron chi connectivity index (χ2n) is 8.52. The highest BCUT2D eigenvalue weighted by Crippen LogP contribution is 2.50. The van der Waals surface area contributed by atoms with Crippen LogP contribution in [0.1, 0.15) is 22.4 Å². The maximum atomic E-state index is 5.17. The second kappa shape index (κ2) is 5.35. The van der Waals surface area contributed by atoms with Gasteiger partial charge in [0.1, 0.15) is 5.65 Å². The predicted molar refractivity (Wildman–Crippen MR) is 122 cm³/mol. The zero-order chi connectivity index (χ0) is 20.1. The molecule has 2 aliphatic carbocycles. The third kappa shape index (κ3) is 1.84. The minimum absolute atomic E-state index is 0.871. The van der Waals surface area contributed by atoms with E-state index in [4.69, 9.17) is 4.98 Å². The Bertz CT molecular complexity index is 1740. The first-order valence-corrected chi connectivity index (χ1v) is 10.6. The maximum Gasteiger partial charge on any atom is 0.147 e. The van der Waals surface area contributed by atoms with Crippen molar-refractivity contribution in [2.24, 2.45) is 0 Å². The smallest absolute Gasteiger partial charge is 0.147 e. The first-order valence-electron chi connectivity index (χ1n) is 10.6. The zero-order valence-corrected chi connectivity index (χ0v) is 16.6. The molecule has 2 aliphatic rings. The van der Waals surface area contributed by atoms with E-state index in [9.17, 15) is 0 Å². The monoisotopic (exact) mass is 396 g/mol. The van der Waals surface area contributed by atoms with E-state index in [1.807, 2.05) is 24.8 Å². The molecule has 0 aliphatic heterocycles. The Kier molecular flexibility index (Phi) is 2.72. The van der Waals surface area contributed by atoms with Gasteiger partial charge in [-0.1, -0.05) is 36.4 Å². The van der Waals surface area contributed by atoms with E-state index in [1.54, 1.807) is 0 Å². The van der Waals surface area contributed by atoms with Gasteiger partial charge in [0, 0.05) is 47.5 Å². The van der Waals surface area contributed by atoms with Crippen molar-refractivity contribution in [1.82, 2.24) is 19.4 Å². The Hall–Kier alpha value is -4.05. The van der Waals surface area contributed by atoms with Gasteiger partial charge in [0.25, 0.3) is 0 Å². The molecule has 4 heterocycles. The Morgan fingerprint density at radius 2 is 1.48 bits per heavy atom. The van der Waals surface area contributed by atoms with E-state index in [1.165, 1.54) is 39.1 Å². The summed E-state index contributed by atoms with van der Waals surface area (Å²) in [5, 5.41) is 3.36. The summed E-state index contributed by atoms with van der Waals surface area (Å²) in [6.45, 7) is 0. The van der Waals surface area contributed by atoms with Gasteiger partial charge in [-0.25, -0.2) is 4.98 Å². The van der Waals surface area contributed by atoms with Gasteiger partial charge < -0.3 is 0 Å². The number of imidazole rings is 1. The normalized spacial score (nSPS) is 13.5. The number of hydrogen-bond acceptors (Lipinski definition) is 3. The highest BCUT2D eigenvalue weighted by Gasteiger charge is 2.32. The summed E-state index contributed by atoms with van der Waals surface area (Å²) < 4.78 is 2.35. The highest BCUT2D eigenvalue weighted by molar-refractivity contribution is 6.12. The number of fused-ring (bicyclic) bond motifs is 14. The van der Waals surface area contributed by atoms with Crippen molar-refractivity contribution in [3.8, 4) is 22.4 Å². The lowest BCUT2D eigenvalue weighted by Crippen LogP contribution is -1.96. The summed E-state index contributed by atoms with van der Waals surface area (Å²) in [5.41, 5.74) is 12.8. The van der Waals surface area contributed by atoms with Crippen LogP contribution < -0.4 is 0 Å². The first-order chi connectivity index (χ1) is 15.4. The van der Waals surface area contributed by atoms with E-state index in [2.05, 4.69) is 62.9 Å². The molecule has 4 nitrogen and oxygen atoms in total. The van der Waals surface area contributed by atoms with Crippen LogP contribution in [0, 0.1) is 0 Å². The highest BCUT2D eigenvalue weighted by atomic mass is 15.0. The average molecular weight is 396 g/mol. The minimum atomic E-state index is 0.871. The van der Waals surface area contributed by atoms with E-state index in [-0.39, 0.29) is 0 Å². The van der Waals surface area contributed by atoms with Crippen LogP contribution >= 0.6 is 0 Å². The molecule has 0 saturated heterocycles. The van der Waals surface area contributed by atoms with E-state index < -0.39 is 0 Å². The number of hydrogen-bond donors (Lipinski definition) is 0. The van der Waals surface area contributed by atoms with E-state index >= 15 is 0 Å². The van der Waals surface area contributed by atoms with Crippen LogP contribution in [-0.2, 0) is 12.8 Å². The molecule has 0 atom stereocenters. The molecule has 0 amide bonds. The molecule has 0 N–H and O–H groups in total. The van der Waals surface area contributed by atoms with Gasteiger partial charge in [0.2, 0.25) is 0 Å². The topological polar surface area (TPSA) is 43.1 Å². The van der Waals surface area contributed by atoms with Crippen molar-refractivity contribution >= 4 is 27.3 Å². The Morgan fingerprint density at radius 1 is 0.677 bits per heavy atom. The number of benzene rings is 2. The second-order valence-corrected chi connectivity index (χ2v) is 8.52. The van der Waals surface area contributed by atoms with Crippen LogP contribution in [0.3, 0.4) is 0 Å². The van der Waals surface area contributed by atoms with Crippen molar-refractivity contribution in [3.63, 3.8) is 0 Å². The molecular formula is C27H16N4. The molecule has 4 heteroatoms. The minimum Gasteiger partial charge on any atom is -0.291 e. The summed E-state index contributed by atoms with van der Waals surface area (Å²) in [6.07, 6.45) is 9.50. The SMILES string of the molecule is c1ccc2c(c1)Cc1ccc3c(c1-2)-c1c(nc2c4cnccc4c4cnccc4n12)C3. The van der Waals surface area contributed by atoms with Crippen LogP contribution in [0.15, 0.2) is 73.3 Å². The van der Waals surface area contributed by atoms with Gasteiger partial charge in [0.15, 0.2) is 0 Å². The number of aromatic nitrogens is 4. The largest absolute Gasteiger partial charge is 0.291 e. The van der Waals surface area contributed by atoms with Crippen molar-refractivity contribution in [2.75, 3.05) is 0 Å². The van der Waals surface area contributed by atoms with Crippen LogP contribution in [-0.4, -0.2) is 19.4 Å². The lowest BCUT2D eigenvalue weighted by Gasteiger charge is -2.13. The van der Waals surface area contributed by atoms with Gasteiger partial charge in [-0.15, -0.1) is 0 Å². The van der Waals surface area contributed by atoms with Gasteiger partial charge >= 0.3 is 0 Å². The van der Waals surface area contributed by atoms with Crippen molar-refractivity contribution in [2.45, 2.75) is 12.8 Å². The lowest BCUT2D eigenvalue weighted by molar-refractivity contribution is 1.16. The molecule has 0 saturated carbocycles. The summed E-state index contributed by atoms with van der Waals surface area (Å²) in [5.74, 6) is 0. The zero-order valence-electron chi connectivity index (χ0n) is 16.6. The molecule has 0 spiro atoms. The van der Waals surface area contributed by atoms with Crippen molar-refractivity contribution in [3.05, 3.63) is 95.7 Å². The van der Waals surface area contributed by atoms with Crippen LogP contribution in [0.5, 0.6) is 0 Å². The third-order valence-electron chi connectivity index (χ3n) is 6.98. The molecule has 144 valence electrons. The van der Waals surface area contributed by atoms with Gasteiger partial charge in [-0.2, -0.15) is 0 Å². The van der Waals surface area contributed by atoms with Crippen LogP contribution in [0.25, 0.3) is 49.7 Å². The molecule has 0 unspecified atom stereocenters. The van der Waals surface area contributed by atoms with E-state index in [0.29, 0.717) is 0 Å². The first kappa shape index (κ1) is 15.7. The quantitative estimate of drug-likeness (QED) is 0.315. The standard InChI is InChI=1S/C27H16N4/c1-2-4-18-15(3-1)11-16-5-6-17-12-22-26(25(17)24(16)18)31-23-8-10-29-13-20(23)19-7-9-28-14-21(19)27(31)30-22/h1-10,13-14H,11-12H2. The van der Waals surface area contributed by atoms with Crippen LogP contribution in [0.4, 0.5) is 0 Å². The fourth-order valence-electron chi connectivity index (χ4n) is 5.72. The van der Waals surface area contributed by atoms with Crippen LogP contribution in [0.2, 0.25) is 0 Å². The predicted octanol–water partition coefficient (Wildman–Crippen LogP) is 5.57. The van der Waals surface area contributed by atoms with Gasteiger partial charge in [0.05, 0.1) is 16.9 Å². The summed E-state index contributed by atoms with van der Waals surface area (Å²) in [6, 6.07) is 17.6. The van der Waals surface area contributed by atoms with E-state index in [0.717, 1.165) is 45.9 Å². The molecular weight excluding hydrogens is 380 g/mol. The summed E-state index contributed by atoms with van der Waals surface area (Å²) >= 11 is 0. The van der Waals surface area contributed by atoms with Crippen molar-refractivity contribution in [1.29, 1.82) is 0 Å². The number of pyridine rings is 3. The van der Waals surface area contributed by atoms with Crippen molar-refractivity contribution < 1.29 is 0 Å². The molecule has 31 heavy (non-hydrogen) atoms. The molecule has 2 aromatic carbocycles. The number of nitrogens with zero attached hydrogens (tertiary/aromatic N) is 4.